The van der Waals surface area contributed by atoms with Crippen LogP contribution in [0.2, 0.25) is 0 Å². The highest BCUT2D eigenvalue weighted by molar-refractivity contribution is 5.95. The highest BCUT2D eigenvalue weighted by atomic mass is 16.5. The Morgan fingerprint density at radius 2 is 1.94 bits per heavy atom. The summed E-state index contributed by atoms with van der Waals surface area (Å²) in [5.41, 5.74) is 3.84. The van der Waals surface area contributed by atoms with Crippen molar-refractivity contribution in [2.75, 3.05) is 6.61 Å². The van der Waals surface area contributed by atoms with Gasteiger partial charge in [0.05, 0.1) is 23.9 Å². The summed E-state index contributed by atoms with van der Waals surface area (Å²) in [5.74, 6) is 1.46. The van der Waals surface area contributed by atoms with E-state index in [4.69, 9.17) is 14.4 Å². The first-order chi connectivity index (χ1) is 15.5. The molecule has 2 heterocycles. The molecule has 7 nitrogen and oxygen atoms in total. The molecular formula is C25H25N3O4. The molecule has 0 fully saturated rings. The van der Waals surface area contributed by atoms with Gasteiger partial charge in [0, 0.05) is 23.7 Å². The smallest absolute Gasteiger partial charge is 0.404 e. The van der Waals surface area contributed by atoms with Crippen molar-refractivity contribution in [2.45, 2.75) is 26.3 Å². The maximum atomic E-state index is 10.8. The van der Waals surface area contributed by atoms with Gasteiger partial charge in [0.2, 0.25) is 0 Å². The molecular weight excluding hydrogens is 406 g/mol. The van der Waals surface area contributed by atoms with Crippen LogP contribution in [0.4, 0.5) is 4.79 Å². The molecule has 164 valence electrons. The van der Waals surface area contributed by atoms with E-state index in [1.807, 2.05) is 62.5 Å². The number of nitrogens with zero attached hydrogens (tertiary/aromatic N) is 2. The summed E-state index contributed by atoms with van der Waals surface area (Å²) in [7, 11) is 0. The van der Waals surface area contributed by atoms with Gasteiger partial charge >= 0.3 is 6.09 Å². The zero-order valence-electron chi connectivity index (χ0n) is 18.0. The van der Waals surface area contributed by atoms with Crippen molar-refractivity contribution in [1.82, 2.24) is 15.5 Å². The lowest BCUT2D eigenvalue weighted by molar-refractivity contribution is 0.185. The Morgan fingerprint density at radius 3 is 2.72 bits per heavy atom. The molecule has 2 aromatic carbocycles. The summed E-state index contributed by atoms with van der Waals surface area (Å²) in [6, 6.07) is 17.7. The molecule has 4 aromatic rings. The zero-order chi connectivity index (χ0) is 22.5. The van der Waals surface area contributed by atoms with Gasteiger partial charge in [0.15, 0.2) is 5.76 Å². The minimum atomic E-state index is -1.02. The number of rotatable bonds is 8. The number of amides is 1. The summed E-state index contributed by atoms with van der Waals surface area (Å²) >= 11 is 0. The number of carbonyl (C=O) groups is 1. The highest BCUT2D eigenvalue weighted by Gasteiger charge is 2.16. The lowest BCUT2D eigenvalue weighted by Gasteiger charge is -2.19. The molecule has 0 radical (unpaired) electrons. The monoisotopic (exact) mass is 431 g/mol. The van der Waals surface area contributed by atoms with Crippen LogP contribution in [0.3, 0.4) is 0 Å². The van der Waals surface area contributed by atoms with Gasteiger partial charge in [-0.1, -0.05) is 36.3 Å². The molecule has 0 saturated heterocycles. The van der Waals surface area contributed by atoms with Crippen LogP contribution in [-0.2, 0) is 0 Å². The van der Waals surface area contributed by atoms with E-state index in [0.717, 1.165) is 27.6 Å². The van der Waals surface area contributed by atoms with E-state index in [-0.39, 0.29) is 12.0 Å². The molecule has 1 amide bonds. The fourth-order valence-corrected chi connectivity index (χ4v) is 3.89. The Morgan fingerprint density at radius 1 is 1.09 bits per heavy atom. The number of benzene rings is 2. The van der Waals surface area contributed by atoms with Gasteiger partial charge in [0.25, 0.3) is 0 Å². The van der Waals surface area contributed by atoms with Gasteiger partial charge in [-0.05, 0) is 54.7 Å². The number of para-hydroxylation sites is 1. The van der Waals surface area contributed by atoms with E-state index < -0.39 is 6.09 Å². The SMILES string of the molecule is CC(COc1ccc(-c2ccnc3ccccc23)cc1-c1ccno1)CC(C)NC(=O)O. The molecule has 2 unspecified atom stereocenters. The van der Waals surface area contributed by atoms with Crippen LogP contribution < -0.4 is 10.1 Å². The van der Waals surface area contributed by atoms with Crippen LogP contribution in [-0.4, -0.2) is 34.0 Å². The van der Waals surface area contributed by atoms with Crippen molar-refractivity contribution < 1.29 is 19.2 Å². The first kappa shape index (κ1) is 21.4. The lowest BCUT2D eigenvalue weighted by atomic mass is 9.98. The average Bonchev–Trinajstić information content (AvgIpc) is 3.31. The number of carboxylic acid groups (broad SMARTS) is 1. The minimum absolute atomic E-state index is 0.151. The standard InChI is InChI=1S/C25H25N3O4/c1-16(13-17(2)28-25(29)30)15-31-23-8-7-18(14-21(23)24-10-12-27-32-24)19-9-11-26-22-6-4-3-5-20(19)22/h3-12,14,16-17,28H,13,15H2,1-2H3,(H,29,30). The van der Waals surface area contributed by atoms with Crippen LogP contribution in [0.5, 0.6) is 5.75 Å². The van der Waals surface area contributed by atoms with E-state index in [0.29, 0.717) is 24.5 Å². The molecule has 0 spiro atoms. The maximum Gasteiger partial charge on any atom is 0.404 e. The molecule has 2 aromatic heterocycles. The van der Waals surface area contributed by atoms with E-state index in [9.17, 15) is 4.79 Å². The molecule has 2 N–H and O–H groups in total. The molecule has 0 aliphatic heterocycles. The Hall–Kier alpha value is -3.87. The molecule has 4 rings (SSSR count). The van der Waals surface area contributed by atoms with Crippen molar-refractivity contribution >= 4 is 17.0 Å². The molecule has 2 atom stereocenters. The summed E-state index contributed by atoms with van der Waals surface area (Å²) < 4.78 is 11.6. The molecule has 0 saturated carbocycles. The second-order valence-corrected chi connectivity index (χ2v) is 7.97. The van der Waals surface area contributed by atoms with Crippen molar-refractivity contribution in [1.29, 1.82) is 0 Å². The Bertz CT molecular complexity index is 1200. The van der Waals surface area contributed by atoms with E-state index in [2.05, 4.69) is 21.5 Å². The van der Waals surface area contributed by atoms with Gasteiger partial charge in [-0.3, -0.25) is 4.98 Å². The molecule has 0 aliphatic carbocycles. The number of hydrogen-bond donors (Lipinski definition) is 2. The summed E-state index contributed by atoms with van der Waals surface area (Å²) in [5, 5.41) is 16.3. The van der Waals surface area contributed by atoms with Gasteiger partial charge in [-0.25, -0.2) is 4.79 Å². The van der Waals surface area contributed by atoms with Gasteiger partial charge in [-0.2, -0.15) is 0 Å². The second kappa shape index (κ2) is 9.51. The predicted octanol–water partition coefficient (Wildman–Crippen LogP) is 5.62. The third kappa shape index (κ3) is 4.88. The van der Waals surface area contributed by atoms with Crippen LogP contribution >= 0.6 is 0 Å². The Kier molecular flexibility index (Phi) is 6.35. The summed E-state index contributed by atoms with van der Waals surface area (Å²) in [6.45, 7) is 4.33. The molecule has 32 heavy (non-hydrogen) atoms. The van der Waals surface area contributed by atoms with Crippen LogP contribution in [0.25, 0.3) is 33.4 Å². The van der Waals surface area contributed by atoms with Gasteiger partial charge in [-0.15, -0.1) is 0 Å². The van der Waals surface area contributed by atoms with Crippen LogP contribution in [0, 0.1) is 5.92 Å². The van der Waals surface area contributed by atoms with E-state index >= 15 is 0 Å². The molecule has 0 aliphatic rings. The largest absolute Gasteiger partial charge is 0.493 e. The van der Waals surface area contributed by atoms with Crippen molar-refractivity contribution in [3.8, 4) is 28.2 Å². The minimum Gasteiger partial charge on any atom is -0.493 e. The Balaban J connectivity index is 1.61. The summed E-state index contributed by atoms with van der Waals surface area (Å²) in [4.78, 5) is 15.3. The summed E-state index contributed by atoms with van der Waals surface area (Å²) in [6.07, 6.45) is 3.07. The average molecular weight is 431 g/mol. The number of nitrogens with one attached hydrogen (secondary N) is 1. The maximum absolute atomic E-state index is 10.8. The number of hydrogen-bond acceptors (Lipinski definition) is 5. The highest BCUT2D eigenvalue weighted by Crippen LogP contribution is 2.36. The quantitative estimate of drug-likeness (QED) is 0.376. The predicted molar refractivity (Wildman–Crippen MR) is 123 cm³/mol. The van der Waals surface area contributed by atoms with Crippen LogP contribution in [0.1, 0.15) is 20.3 Å². The molecule has 7 heteroatoms. The van der Waals surface area contributed by atoms with Crippen LogP contribution in [0.15, 0.2) is 71.5 Å². The van der Waals surface area contributed by atoms with Crippen molar-refractivity contribution in [3.63, 3.8) is 0 Å². The number of fused-ring (bicyclic) bond motifs is 1. The topological polar surface area (TPSA) is 97.5 Å². The first-order valence-electron chi connectivity index (χ1n) is 10.5. The number of pyridine rings is 1. The van der Waals surface area contributed by atoms with E-state index in [1.54, 1.807) is 12.3 Å². The number of ether oxygens (including phenoxy) is 1. The van der Waals surface area contributed by atoms with Crippen molar-refractivity contribution in [3.05, 3.63) is 67.0 Å². The zero-order valence-corrected chi connectivity index (χ0v) is 18.0. The third-order valence-electron chi connectivity index (χ3n) is 5.29. The van der Waals surface area contributed by atoms with E-state index in [1.165, 1.54) is 0 Å². The lowest BCUT2D eigenvalue weighted by Crippen LogP contribution is -2.33. The fraction of sp³-hybridized carbons (Fsp3) is 0.240. The number of aromatic nitrogens is 2. The normalized spacial score (nSPS) is 12.9. The molecule has 0 bridgehead atoms. The third-order valence-corrected chi connectivity index (χ3v) is 5.29. The van der Waals surface area contributed by atoms with Gasteiger partial charge < -0.3 is 19.7 Å². The fourth-order valence-electron chi connectivity index (χ4n) is 3.89. The Labute approximate surface area is 186 Å². The second-order valence-electron chi connectivity index (χ2n) is 7.97. The van der Waals surface area contributed by atoms with Crippen molar-refractivity contribution in [2.24, 2.45) is 5.92 Å². The van der Waals surface area contributed by atoms with Gasteiger partial charge in [0.1, 0.15) is 5.75 Å². The first-order valence-corrected chi connectivity index (χ1v) is 10.5.